The third-order valence-electron chi connectivity index (χ3n) is 17.7. The van der Waals surface area contributed by atoms with Crippen LogP contribution in [0.5, 0.6) is 5.75 Å². The molecule has 1 aliphatic carbocycles. The highest BCUT2D eigenvalue weighted by Crippen LogP contribution is 2.36. The first kappa shape index (κ1) is 76.6. The predicted octanol–water partition coefficient (Wildman–Crippen LogP) is 7.19. The van der Waals surface area contributed by atoms with Crippen molar-refractivity contribution in [2.75, 3.05) is 45.2 Å². The van der Waals surface area contributed by atoms with Crippen LogP contribution in [0.15, 0.2) is 60.0 Å². The number of thiazole rings is 1. The normalized spacial score (nSPS) is 17.9. The highest BCUT2D eigenvalue weighted by atomic mass is 32.1. The van der Waals surface area contributed by atoms with E-state index in [2.05, 4.69) is 31.9 Å². The number of hydrogen-bond donors (Lipinski definition) is 8. The van der Waals surface area contributed by atoms with Crippen molar-refractivity contribution in [2.24, 2.45) is 23.5 Å². The van der Waals surface area contributed by atoms with Crippen LogP contribution in [0.2, 0.25) is 0 Å². The summed E-state index contributed by atoms with van der Waals surface area (Å²) >= 11 is 1.29. The second-order valence-corrected chi connectivity index (χ2v) is 26.5. The lowest BCUT2D eigenvalue weighted by atomic mass is 9.80. The molecule has 526 valence electrons. The van der Waals surface area contributed by atoms with E-state index in [1.807, 2.05) is 46.4 Å². The fourth-order valence-electron chi connectivity index (χ4n) is 12.2. The van der Waals surface area contributed by atoms with Crippen molar-refractivity contribution < 1.29 is 72.1 Å². The maximum Gasteiger partial charge on any atom is 0.410 e. The van der Waals surface area contributed by atoms with E-state index in [4.69, 9.17) is 24.9 Å². The molecule has 27 heteroatoms. The standard InChI is InChI=1S/C69H99N11O15S/c1-10-31-78(54(41(4)5)38-55(94-34-11-2)65-75-52(40-96-65)62(86)73-47-35-45-24-27-48(81)37-49(45)50(36-47)67(90)93-9)66(89)60(43(8)12-3)77-63(87)53-20-15-17-32-79(53)69(92)95-39-44-22-25-46(26-23-44)72-61(85)51(19-18-30-71-68(70)91)74-64(88)59(42(6)7)76-56(82)21-14-13-16-33-80-57(83)28-29-58(80)84/h22-29,37,40-43,47,50-51,53-55,59-60,81H,10-21,30-36,38-39H2,1-9H3,(H,72,85)(H,73,86)(H,74,88)(H,76,82)(H,77,87)(H3,70,71,91)/t43-,47-,50+,51-,53+,54+,55+,59-,60-/m0/s1. The molecule has 1 fully saturated rings. The van der Waals surface area contributed by atoms with Gasteiger partial charge in [0.05, 0.1) is 13.0 Å². The van der Waals surface area contributed by atoms with Crippen molar-refractivity contribution in [1.82, 2.24) is 46.3 Å². The number of esters is 1. The van der Waals surface area contributed by atoms with Crippen molar-refractivity contribution >= 4 is 82.4 Å². The molecule has 0 unspecified atom stereocenters. The molecule has 9 N–H and O–H groups in total. The van der Waals surface area contributed by atoms with Gasteiger partial charge in [-0.1, -0.05) is 86.4 Å². The third kappa shape index (κ3) is 22.0. The number of nitrogens with one attached hydrogen (secondary N) is 6. The zero-order valence-electron chi connectivity index (χ0n) is 56.9. The molecule has 6 rings (SSSR count). The number of nitrogens with two attached hydrogens (primary N) is 1. The largest absolute Gasteiger partial charge is 0.508 e. The molecule has 3 heterocycles. The summed E-state index contributed by atoms with van der Waals surface area (Å²) in [6.07, 6.45) is 7.62. The quantitative estimate of drug-likeness (QED) is 0.0162. The number of aromatic nitrogens is 1. The minimum Gasteiger partial charge on any atom is -0.508 e. The number of carbonyl (C=O) groups is 11. The first-order chi connectivity index (χ1) is 45.9. The van der Waals surface area contributed by atoms with Crippen molar-refractivity contribution in [1.29, 1.82) is 0 Å². The average molecular weight is 1350 g/mol. The molecule has 1 aromatic heterocycles. The number of imide groups is 1. The SMILES string of the molecule is CCCO[C@H](C[C@H](C(C)C)N(CCC)C(=O)[C@@H](NC(=O)[C@H]1CCCCN1C(=O)OCc1ccc(NC(=O)[C@H](CCCNC(N)=O)NC(=O)[C@@H](NC(=O)CCCCCN2C(=O)C=CC2=O)C(C)C)cc1)[C@@H](C)CC)c1nc(C(=O)N[C@H]2Cc3ccc(O)cc3[C@H](C(=O)OC)C2)cs1. The summed E-state index contributed by atoms with van der Waals surface area (Å²) < 4.78 is 17.4. The van der Waals surface area contributed by atoms with E-state index < -0.39 is 90.0 Å². The number of unbranched alkanes of at least 4 members (excludes halogenated alkanes) is 2. The van der Waals surface area contributed by atoms with Gasteiger partial charge in [0.2, 0.25) is 29.5 Å². The number of aromatic hydroxyl groups is 1. The number of piperidine rings is 1. The van der Waals surface area contributed by atoms with E-state index in [0.717, 1.165) is 10.5 Å². The molecule has 9 atom stereocenters. The molecule has 0 spiro atoms. The molecule has 0 bridgehead atoms. The van der Waals surface area contributed by atoms with Gasteiger partial charge in [-0.05, 0) is 129 Å². The van der Waals surface area contributed by atoms with Crippen LogP contribution in [0.4, 0.5) is 15.3 Å². The maximum absolute atomic E-state index is 15.2. The monoisotopic (exact) mass is 1350 g/mol. The van der Waals surface area contributed by atoms with Crippen molar-refractivity contribution in [3.8, 4) is 5.75 Å². The molecular formula is C69H99N11O15S. The lowest BCUT2D eigenvalue weighted by Gasteiger charge is -2.40. The molecule has 2 aliphatic heterocycles. The molecular weight excluding hydrogens is 1250 g/mol. The number of anilines is 1. The number of carbonyl (C=O) groups excluding carboxylic acids is 11. The Morgan fingerprint density at radius 1 is 0.844 bits per heavy atom. The van der Waals surface area contributed by atoms with Gasteiger partial charge in [-0.3, -0.25) is 53.0 Å². The number of likely N-dealkylation sites (tertiary alicyclic amines) is 1. The number of primary amides is 1. The Kier molecular flexibility index (Phi) is 30.1. The summed E-state index contributed by atoms with van der Waals surface area (Å²) in [5, 5.41) is 29.4. The number of rotatable bonds is 36. The van der Waals surface area contributed by atoms with Gasteiger partial charge in [0.1, 0.15) is 53.3 Å². The highest BCUT2D eigenvalue weighted by Gasteiger charge is 2.41. The van der Waals surface area contributed by atoms with Crippen LogP contribution >= 0.6 is 11.3 Å². The topological polar surface area (TPSA) is 356 Å². The Hall–Kier alpha value is -8.46. The maximum atomic E-state index is 15.2. The van der Waals surface area contributed by atoms with E-state index in [1.54, 1.807) is 61.7 Å². The van der Waals surface area contributed by atoms with E-state index in [0.29, 0.717) is 106 Å². The van der Waals surface area contributed by atoms with Gasteiger partial charge in [-0.25, -0.2) is 14.6 Å². The molecule has 26 nitrogen and oxygen atoms in total. The third-order valence-corrected chi connectivity index (χ3v) is 18.6. The van der Waals surface area contributed by atoms with Crippen LogP contribution < -0.4 is 37.6 Å². The predicted molar refractivity (Wildman–Crippen MR) is 360 cm³/mol. The zero-order valence-corrected chi connectivity index (χ0v) is 57.7. The van der Waals surface area contributed by atoms with E-state index in [9.17, 15) is 53.1 Å². The highest BCUT2D eigenvalue weighted by molar-refractivity contribution is 7.09. The van der Waals surface area contributed by atoms with E-state index in [-0.39, 0.29) is 105 Å². The van der Waals surface area contributed by atoms with Gasteiger partial charge < -0.3 is 61.9 Å². The first-order valence-electron chi connectivity index (χ1n) is 33.8. The van der Waals surface area contributed by atoms with Gasteiger partial charge in [0.15, 0.2) is 0 Å². The summed E-state index contributed by atoms with van der Waals surface area (Å²) in [6, 6.07) is 5.81. The van der Waals surface area contributed by atoms with Gasteiger partial charge in [0, 0.05) is 80.9 Å². The molecule has 2 aromatic carbocycles. The van der Waals surface area contributed by atoms with Crippen molar-refractivity contribution in [3.05, 3.63) is 87.4 Å². The van der Waals surface area contributed by atoms with Crippen LogP contribution in [0, 0.1) is 17.8 Å². The van der Waals surface area contributed by atoms with Gasteiger partial charge >= 0.3 is 18.1 Å². The fourth-order valence-corrected chi connectivity index (χ4v) is 13.0. The minimum absolute atomic E-state index is 0.0337. The minimum atomic E-state index is -1.10. The van der Waals surface area contributed by atoms with Crippen LogP contribution in [0.3, 0.4) is 0 Å². The number of benzene rings is 2. The number of phenols is 1. The summed E-state index contributed by atoms with van der Waals surface area (Å²) in [7, 11) is 1.31. The number of ether oxygens (including phenoxy) is 3. The molecule has 3 aromatic rings. The van der Waals surface area contributed by atoms with Gasteiger partial charge in [-0.15, -0.1) is 11.3 Å². The van der Waals surface area contributed by atoms with Crippen LogP contribution in [0.25, 0.3) is 0 Å². The number of urea groups is 1. The van der Waals surface area contributed by atoms with Crippen molar-refractivity contribution in [2.45, 2.75) is 207 Å². The number of amides is 11. The molecule has 96 heavy (non-hydrogen) atoms. The summed E-state index contributed by atoms with van der Waals surface area (Å²) in [5.41, 5.74) is 7.84. The lowest BCUT2D eigenvalue weighted by Crippen LogP contribution is -2.59. The first-order valence-corrected chi connectivity index (χ1v) is 34.6. The number of nitrogens with zero attached hydrogens (tertiary/aromatic N) is 4. The Bertz CT molecular complexity index is 3190. The molecule has 1 saturated heterocycles. The second-order valence-electron chi connectivity index (χ2n) is 25.7. The van der Waals surface area contributed by atoms with E-state index >= 15 is 4.79 Å². The second kappa shape index (κ2) is 37.7. The molecule has 0 saturated carbocycles. The molecule has 0 radical (unpaired) electrons. The molecule has 3 aliphatic rings. The zero-order chi connectivity index (χ0) is 70.2. The Labute approximate surface area is 566 Å². The summed E-state index contributed by atoms with van der Waals surface area (Å²) in [6.45, 7) is 16.6. The Morgan fingerprint density at radius 3 is 2.23 bits per heavy atom. The number of methoxy groups -OCH3 is 1. The van der Waals surface area contributed by atoms with Crippen LogP contribution in [-0.4, -0.2) is 166 Å². The van der Waals surface area contributed by atoms with Gasteiger partial charge in [-0.2, -0.15) is 0 Å². The van der Waals surface area contributed by atoms with E-state index in [1.165, 1.54) is 35.5 Å². The fraction of sp³-hybridized carbons (Fsp3) is 0.594. The summed E-state index contributed by atoms with van der Waals surface area (Å²) in [5.74, 6) is -5.33. The number of fused-ring (bicyclic) bond motifs is 1. The van der Waals surface area contributed by atoms with Crippen LogP contribution in [0.1, 0.15) is 189 Å². The smallest absolute Gasteiger partial charge is 0.410 e. The number of phenolic OH excluding ortho intramolecular Hbond substituents is 1. The summed E-state index contributed by atoms with van der Waals surface area (Å²) in [4.78, 5) is 156. The van der Waals surface area contributed by atoms with Crippen LogP contribution in [-0.2, 0) is 65.6 Å². The lowest BCUT2D eigenvalue weighted by molar-refractivity contribution is -0.143. The Morgan fingerprint density at radius 2 is 1.57 bits per heavy atom. The molecule has 11 amide bonds. The van der Waals surface area contributed by atoms with Gasteiger partial charge in [0.25, 0.3) is 17.7 Å². The number of hydrogen-bond acceptors (Lipinski definition) is 17. The van der Waals surface area contributed by atoms with Crippen molar-refractivity contribution in [3.63, 3.8) is 0 Å². The Balaban J connectivity index is 1.06. The average Bonchev–Trinajstić information content (AvgIpc) is 1.24.